The highest BCUT2D eigenvalue weighted by Gasteiger charge is 2.57. The summed E-state index contributed by atoms with van der Waals surface area (Å²) in [5.74, 6) is 1.86. The van der Waals surface area contributed by atoms with Crippen molar-refractivity contribution in [2.45, 2.75) is 64.9 Å². The van der Waals surface area contributed by atoms with Crippen LogP contribution in [0.3, 0.4) is 0 Å². The largest absolute Gasteiger partial charge is 0.489 e. The molecular formula is C18H24O2. The highest BCUT2D eigenvalue weighted by atomic mass is 16.5. The Hall–Kier alpha value is -1.31. The summed E-state index contributed by atoms with van der Waals surface area (Å²) in [6, 6.07) is 6.43. The van der Waals surface area contributed by atoms with Crippen molar-refractivity contribution >= 4 is 5.78 Å². The Bertz CT molecular complexity index is 524. The molecule has 2 aliphatic rings. The van der Waals surface area contributed by atoms with Crippen molar-refractivity contribution in [3.63, 3.8) is 0 Å². The van der Waals surface area contributed by atoms with Crippen LogP contribution in [0.5, 0.6) is 5.75 Å². The SMILES string of the molecule is Cc1ccc(C(C)C)c(OC2CC(=O)C23CCCC3)c1. The fourth-order valence-corrected chi connectivity index (χ4v) is 3.75. The molecule has 0 aliphatic heterocycles. The van der Waals surface area contributed by atoms with Crippen LogP contribution in [0, 0.1) is 12.3 Å². The maximum absolute atomic E-state index is 12.1. The highest BCUT2D eigenvalue weighted by molar-refractivity contribution is 5.92. The van der Waals surface area contributed by atoms with Crippen molar-refractivity contribution in [2.24, 2.45) is 5.41 Å². The lowest BCUT2D eigenvalue weighted by Crippen LogP contribution is -2.55. The Labute approximate surface area is 121 Å². The van der Waals surface area contributed by atoms with Crippen LogP contribution in [0.2, 0.25) is 0 Å². The zero-order valence-corrected chi connectivity index (χ0v) is 12.7. The minimum atomic E-state index is -0.141. The number of hydrogen-bond donors (Lipinski definition) is 0. The molecule has 0 amide bonds. The smallest absolute Gasteiger partial charge is 0.146 e. The number of rotatable bonds is 3. The molecule has 3 rings (SSSR count). The zero-order valence-electron chi connectivity index (χ0n) is 12.7. The van der Waals surface area contributed by atoms with Crippen molar-refractivity contribution in [2.75, 3.05) is 0 Å². The first kappa shape index (κ1) is 13.7. The van der Waals surface area contributed by atoms with Gasteiger partial charge in [-0.05, 0) is 42.9 Å². The molecule has 0 N–H and O–H groups in total. The lowest BCUT2D eigenvalue weighted by Gasteiger charge is -2.45. The van der Waals surface area contributed by atoms with Gasteiger partial charge in [-0.15, -0.1) is 0 Å². The number of Topliss-reactive ketones (excluding diaryl/α,β-unsaturated/α-hetero) is 1. The van der Waals surface area contributed by atoms with Crippen molar-refractivity contribution in [1.29, 1.82) is 0 Å². The molecule has 1 spiro atoms. The number of ether oxygens (including phenoxy) is 1. The first-order valence-electron chi connectivity index (χ1n) is 7.83. The predicted molar refractivity (Wildman–Crippen MR) is 80.2 cm³/mol. The molecule has 0 saturated heterocycles. The number of ketones is 1. The van der Waals surface area contributed by atoms with E-state index in [4.69, 9.17) is 4.74 Å². The minimum absolute atomic E-state index is 0.108. The average Bonchev–Trinajstić information content (AvgIpc) is 2.90. The van der Waals surface area contributed by atoms with E-state index < -0.39 is 0 Å². The summed E-state index contributed by atoms with van der Waals surface area (Å²) in [6.07, 6.45) is 5.12. The summed E-state index contributed by atoms with van der Waals surface area (Å²) in [6.45, 7) is 6.47. The molecule has 2 aliphatic carbocycles. The molecule has 0 heterocycles. The van der Waals surface area contributed by atoms with E-state index in [1.165, 1.54) is 24.0 Å². The predicted octanol–water partition coefficient (Wildman–Crippen LogP) is 4.40. The van der Waals surface area contributed by atoms with Gasteiger partial charge < -0.3 is 4.74 Å². The molecule has 2 nitrogen and oxygen atoms in total. The Morgan fingerprint density at radius 3 is 2.55 bits per heavy atom. The van der Waals surface area contributed by atoms with Gasteiger partial charge in [0.1, 0.15) is 17.6 Å². The van der Waals surface area contributed by atoms with Crippen molar-refractivity contribution in [3.05, 3.63) is 29.3 Å². The lowest BCUT2D eigenvalue weighted by atomic mass is 9.63. The van der Waals surface area contributed by atoms with Gasteiger partial charge in [-0.25, -0.2) is 0 Å². The topological polar surface area (TPSA) is 26.3 Å². The fourth-order valence-electron chi connectivity index (χ4n) is 3.75. The van der Waals surface area contributed by atoms with Crippen LogP contribution in [-0.4, -0.2) is 11.9 Å². The molecule has 0 radical (unpaired) electrons. The summed E-state index contributed by atoms with van der Waals surface area (Å²) in [5.41, 5.74) is 2.33. The Morgan fingerprint density at radius 2 is 1.95 bits per heavy atom. The van der Waals surface area contributed by atoms with E-state index in [9.17, 15) is 4.79 Å². The summed E-state index contributed by atoms with van der Waals surface area (Å²) in [5, 5.41) is 0. The summed E-state index contributed by atoms with van der Waals surface area (Å²) in [4.78, 5) is 12.1. The van der Waals surface area contributed by atoms with E-state index in [-0.39, 0.29) is 11.5 Å². The molecule has 0 bridgehead atoms. The average molecular weight is 272 g/mol. The van der Waals surface area contributed by atoms with Gasteiger partial charge in [-0.1, -0.05) is 38.8 Å². The molecular weight excluding hydrogens is 248 g/mol. The van der Waals surface area contributed by atoms with E-state index in [1.54, 1.807) is 0 Å². The normalized spacial score (nSPS) is 24.2. The zero-order chi connectivity index (χ0) is 14.3. The van der Waals surface area contributed by atoms with E-state index in [1.807, 2.05) is 0 Å². The molecule has 1 aromatic carbocycles. The molecule has 0 aromatic heterocycles. The molecule has 2 heteroatoms. The number of benzene rings is 1. The quantitative estimate of drug-likeness (QED) is 0.815. The number of carbonyl (C=O) groups is 1. The van der Waals surface area contributed by atoms with Crippen molar-refractivity contribution < 1.29 is 9.53 Å². The minimum Gasteiger partial charge on any atom is -0.489 e. The monoisotopic (exact) mass is 272 g/mol. The van der Waals surface area contributed by atoms with Crippen LogP contribution in [-0.2, 0) is 4.79 Å². The molecule has 1 atom stereocenters. The summed E-state index contributed by atoms with van der Waals surface area (Å²) < 4.78 is 6.31. The maximum Gasteiger partial charge on any atom is 0.146 e. The lowest BCUT2D eigenvalue weighted by molar-refractivity contribution is -0.151. The van der Waals surface area contributed by atoms with Crippen LogP contribution in [0.1, 0.15) is 63.0 Å². The molecule has 108 valence electrons. The first-order valence-corrected chi connectivity index (χ1v) is 7.83. The molecule has 2 fully saturated rings. The van der Waals surface area contributed by atoms with Crippen LogP contribution < -0.4 is 4.74 Å². The van der Waals surface area contributed by atoms with Crippen LogP contribution in [0.4, 0.5) is 0 Å². The van der Waals surface area contributed by atoms with Crippen molar-refractivity contribution in [3.8, 4) is 5.75 Å². The van der Waals surface area contributed by atoms with E-state index in [0.29, 0.717) is 18.1 Å². The van der Waals surface area contributed by atoms with Gasteiger partial charge in [0.25, 0.3) is 0 Å². The van der Waals surface area contributed by atoms with Crippen LogP contribution in [0.25, 0.3) is 0 Å². The van der Waals surface area contributed by atoms with Gasteiger partial charge in [-0.2, -0.15) is 0 Å². The summed E-state index contributed by atoms with van der Waals surface area (Å²) in [7, 11) is 0. The molecule has 20 heavy (non-hydrogen) atoms. The first-order chi connectivity index (χ1) is 9.53. The van der Waals surface area contributed by atoms with Crippen molar-refractivity contribution in [1.82, 2.24) is 0 Å². The van der Waals surface area contributed by atoms with Crippen LogP contribution in [0.15, 0.2) is 18.2 Å². The third-order valence-electron chi connectivity index (χ3n) is 5.10. The molecule has 1 unspecified atom stereocenters. The second-order valence-corrected chi connectivity index (χ2v) is 6.79. The standard InChI is InChI=1S/C18H24O2/c1-12(2)14-7-6-13(3)10-15(14)20-17-11-16(19)18(17)8-4-5-9-18/h6-7,10,12,17H,4-5,8-9,11H2,1-3H3. The maximum atomic E-state index is 12.1. The van der Waals surface area contributed by atoms with Gasteiger partial charge in [-0.3, -0.25) is 4.79 Å². The number of aryl methyl sites for hydroxylation is 1. The number of carbonyl (C=O) groups excluding carboxylic acids is 1. The molecule has 1 aromatic rings. The van der Waals surface area contributed by atoms with Crippen LogP contribution >= 0.6 is 0 Å². The van der Waals surface area contributed by atoms with Gasteiger partial charge in [0.2, 0.25) is 0 Å². The Kier molecular flexibility index (Phi) is 3.35. The molecule has 2 saturated carbocycles. The van der Waals surface area contributed by atoms with Gasteiger partial charge in [0.05, 0.1) is 5.41 Å². The third-order valence-corrected chi connectivity index (χ3v) is 5.10. The van der Waals surface area contributed by atoms with Gasteiger partial charge >= 0.3 is 0 Å². The summed E-state index contributed by atoms with van der Waals surface area (Å²) >= 11 is 0. The third kappa shape index (κ3) is 2.06. The van der Waals surface area contributed by atoms with E-state index in [2.05, 4.69) is 39.0 Å². The number of hydrogen-bond acceptors (Lipinski definition) is 2. The van der Waals surface area contributed by atoms with E-state index >= 15 is 0 Å². The highest BCUT2D eigenvalue weighted by Crippen LogP contribution is 2.52. The van der Waals surface area contributed by atoms with Gasteiger partial charge in [0.15, 0.2) is 0 Å². The van der Waals surface area contributed by atoms with Gasteiger partial charge in [0, 0.05) is 6.42 Å². The van der Waals surface area contributed by atoms with E-state index in [0.717, 1.165) is 18.6 Å². The Balaban J connectivity index is 1.85. The second-order valence-electron chi connectivity index (χ2n) is 6.79. The second kappa shape index (κ2) is 4.91. The fraction of sp³-hybridized carbons (Fsp3) is 0.611. The Morgan fingerprint density at radius 1 is 1.25 bits per heavy atom.